The van der Waals surface area contributed by atoms with Crippen LogP contribution in [0.3, 0.4) is 0 Å². The Balaban J connectivity index is 1.98. The zero-order valence-electron chi connectivity index (χ0n) is 17.6. The van der Waals surface area contributed by atoms with Crippen LogP contribution in [0.1, 0.15) is 36.1 Å². The van der Waals surface area contributed by atoms with E-state index in [1.165, 1.54) is 0 Å². The molecule has 150 valence electrons. The van der Waals surface area contributed by atoms with Crippen LogP contribution in [-0.2, 0) is 16.0 Å². The van der Waals surface area contributed by atoms with Gasteiger partial charge in [0.2, 0.25) is 11.8 Å². The number of hydrogen-bond acceptors (Lipinski definition) is 3. The number of amides is 2. The van der Waals surface area contributed by atoms with Crippen LogP contribution in [0.15, 0.2) is 36.4 Å². The van der Waals surface area contributed by atoms with Gasteiger partial charge < -0.3 is 15.4 Å². The molecular formula is C23H30N2O3. The molecule has 2 rings (SSSR count). The Kier molecular flexibility index (Phi) is 6.84. The molecule has 0 aliphatic heterocycles. The maximum absolute atomic E-state index is 12.8. The van der Waals surface area contributed by atoms with Gasteiger partial charge in [0.25, 0.3) is 0 Å². The van der Waals surface area contributed by atoms with Crippen molar-refractivity contribution in [1.29, 1.82) is 0 Å². The predicted octanol–water partition coefficient (Wildman–Crippen LogP) is 3.94. The van der Waals surface area contributed by atoms with Crippen LogP contribution in [0, 0.1) is 26.2 Å². The summed E-state index contributed by atoms with van der Waals surface area (Å²) >= 11 is 0. The monoisotopic (exact) mass is 382 g/mol. The van der Waals surface area contributed by atoms with Crippen molar-refractivity contribution in [2.24, 2.45) is 5.41 Å². The third-order valence-electron chi connectivity index (χ3n) is 4.88. The van der Waals surface area contributed by atoms with Gasteiger partial charge in [-0.25, -0.2) is 0 Å². The number of nitrogens with one attached hydrogen (secondary N) is 2. The molecule has 0 atom stereocenters. The smallest absolute Gasteiger partial charge is 0.239 e. The molecule has 2 aromatic carbocycles. The highest BCUT2D eigenvalue weighted by Crippen LogP contribution is 2.25. The summed E-state index contributed by atoms with van der Waals surface area (Å²) in [5.74, 6) is 0.170. The molecule has 0 saturated heterocycles. The lowest BCUT2D eigenvalue weighted by atomic mass is 9.90. The molecular weight excluding hydrogens is 352 g/mol. The molecule has 0 saturated carbocycles. The van der Waals surface area contributed by atoms with E-state index in [0.717, 1.165) is 33.7 Å². The predicted molar refractivity (Wildman–Crippen MR) is 113 cm³/mol. The van der Waals surface area contributed by atoms with Crippen LogP contribution in [0.2, 0.25) is 0 Å². The Morgan fingerprint density at radius 2 is 1.64 bits per heavy atom. The van der Waals surface area contributed by atoms with Crippen LogP contribution in [0.25, 0.3) is 0 Å². The highest BCUT2D eigenvalue weighted by Gasteiger charge is 2.36. The summed E-state index contributed by atoms with van der Waals surface area (Å²) in [6.45, 7) is 9.66. The van der Waals surface area contributed by atoms with Crippen molar-refractivity contribution >= 4 is 17.5 Å². The van der Waals surface area contributed by atoms with Gasteiger partial charge in [-0.2, -0.15) is 0 Å². The van der Waals surface area contributed by atoms with E-state index in [1.807, 2.05) is 57.2 Å². The summed E-state index contributed by atoms with van der Waals surface area (Å²) in [5.41, 5.74) is 3.77. The number of methoxy groups -OCH3 is 1. The first-order chi connectivity index (χ1) is 13.1. The molecule has 2 amide bonds. The van der Waals surface area contributed by atoms with Gasteiger partial charge in [0.1, 0.15) is 11.2 Å². The number of ether oxygens (including phenoxy) is 1. The van der Waals surface area contributed by atoms with E-state index in [4.69, 9.17) is 4.74 Å². The lowest BCUT2D eigenvalue weighted by Crippen LogP contribution is -2.45. The summed E-state index contributed by atoms with van der Waals surface area (Å²) in [4.78, 5) is 25.4. The molecule has 0 unspecified atom stereocenters. The average Bonchev–Trinajstić information content (AvgIpc) is 2.64. The van der Waals surface area contributed by atoms with E-state index >= 15 is 0 Å². The van der Waals surface area contributed by atoms with E-state index in [1.54, 1.807) is 21.0 Å². The molecule has 0 aliphatic carbocycles. The minimum Gasteiger partial charge on any atom is -0.497 e. The maximum atomic E-state index is 12.8. The number of hydrogen-bond donors (Lipinski definition) is 2. The van der Waals surface area contributed by atoms with Crippen molar-refractivity contribution in [2.45, 2.75) is 41.0 Å². The number of aryl methyl sites for hydroxylation is 3. The van der Waals surface area contributed by atoms with Gasteiger partial charge in [-0.1, -0.05) is 29.8 Å². The molecule has 5 heteroatoms. The van der Waals surface area contributed by atoms with E-state index in [0.29, 0.717) is 13.0 Å². The molecule has 28 heavy (non-hydrogen) atoms. The highest BCUT2D eigenvalue weighted by molar-refractivity contribution is 6.10. The van der Waals surface area contributed by atoms with Crippen molar-refractivity contribution in [3.05, 3.63) is 58.7 Å². The second kappa shape index (κ2) is 8.91. The van der Waals surface area contributed by atoms with Crippen LogP contribution in [-0.4, -0.2) is 25.5 Å². The lowest BCUT2D eigenvalue weighted by Gasteiger charge is -2.24. The maximum Gasteiger partial charge on any atom is 0.239 e. The Morgan fingerprint density at radius 1 is 1.00 bits per heavy atom. The highest BCUT2D eigenvalue weighted by atomic mass is 16.5. The Hall–Kier alpha value is -2.82. The van der Waals surface area contributed by atoms with E-state index < -0.39 is 5.41 Å². The van der Waals surface area contributed by atoms with E-state index in [2.05, 4.69) is 10.6 Å². The number of carbonyl (C=O) groups excluding carboxylic acids is 2. The van der Waals surface area contributed by atoms with Crippen molar-refractivity contribution in [3.63, 3.8) is 0 Å². The van der Waals surface area contributed by atoms with Gasteiger partial charge in [-0.3, -0.25) is 9.59 Å². The molecule has 2 aromatic rings. The summed E-state index contributed by atoms with van der Waals surface area (Å²) in [6.07, 6.45) is 0.664. The summed E-state index contributed by atoms with van der Waals surface area (Å²) in [5, 5.41) is 5.81. The Morgan fingerprint density at radius 3 is 2.25 bits per heavy atom. The second-order valence-electron chi connectivity index (χ2n) is 7.71. The third kappa shape index (κ3) is 5.12. The van der Waals surface area contributed by atoms with Crippen molar-refractivity contribution < 1.29 is 14.3 Å². The Labute approximate surface area is 167 Å². The van der Waals surface area contributed by atoms with Gasteiger partial charge in [0.05, 0.1) is 7.11 Å². The topological polar surface area (TPSA) is 67.4 Å². The van der Waals surface area contributed by atoms with Crippen LogP contribution in [0.5, 0.6) is 5.75 Å². The van der Waals surface area contributed by atoms with Crippen molar-refractivity contribution in [2.75, 3.05) is 19.0 Å². The number of carbonyl (C=O) groups is 2. The lowest BCUT2D eigenvalue weighted by molar-refractivity contribution is -0.138. The number of rotatable bonds is 7. The summed E-state index contributed by atoms with van der Waals surface area (Å²) in [6, 6.07) is 11.8. The average molecular weight is 383 g/mol. The van der Waals surface area contributed by atoms with Gasteiger partial charge in [0.15, 0.2) is 0 Å². The fourth-order valence-electron chi connectivity index (χ4n) is 3.12. The number of anilines is 1. The van der Waals surface area contributed by atoms with Crippen molar-refractivity contribution in [1.82, 2.24) is 5.32 Å². The Bertz CT molecular complexity index is 849. The van der Waals surface area contributed by atoms with E-state index in [-0.39, 0.29) is 11.8 Å². The van der Waals surface area contributed by atoms with Crippen LogP contribution in [0.4, 0.5) is 5.69 Å². The quantitative estimate of drug-likeness (QED) is 0.713. The first-order valence-electron chi connectivity index (χ1n) is 9.45. The fourth-order valence-corrected chi connectivity index (χ4v) is 3.12. The molecule has 5 nitrogen and oxygen atoms in total. The molecule has 0 aliphatic rings. The largest absolute Gasteiger partial charge is 0.497 e. The molecule has 0 heterocycles. The number of benzene rings is 2. The minimum absolute atomic E-state index is 0.296. The second-order valence-corrected chi connectivity index (χ2v) is 7.71. The van der Waals surface area contributed by atoms with Crippen molar-refractivity contribution in [3.8, 4) is 5.75 Å². The molecule has 0 radical (unpaired) electrons. The summed E-state index contributed by atoms with van der Waals surface area (Å²) < 4.78 is 5.21. The molecule has 2 N–H and O–H groups in total. The fraction of sp³-hybridized carbons (Fsp3) is 0.391. The molecule has 0 spiro atoms. The van der Waals surface area contributed by atoms with Crippen LogP contribution >= 0.6 is 0 Å². The van der Waals surface area contributed by atoms with E-state index in [9.17, 15) is 9.59 Å². The normalized spacial score (nSPS) is 11.1. The van der Waals surface area contributed by atoms with Gasteiger partial charge in [-0.05, 0) is 69.9 Å². The zero-order chi connectivity index (χ0) is 20.9. The molecule has 0 aromatic heterocycles. The minimum atomic E-state index is -1.18. The molecule has 0 fully saturated rings. The SMILES string of the molecule is COc1cccc(CCNC(=O)C(C)(C)C(=O)Nc2c(C)cc(C)cc2C)c1. The third-order valence-corrected chi connectivity index (χ3v) is 4.88. The van der Waals surface area contributed by atoms with Crippen LogP contribution < -0.4 is 15.4 Å². The van der Waals surface area contributed by atoms with Gasteiger partial charge in [-0.15, -0.1) is 0 Å². The standard InChI is InChI=1S/C23H30N2O3/c1-15-12-16(2)20(17(3)13-15)25-22(27)23(4,5)21(26)24-11-10-18-8-7-9-19(14-18)28-6/h7-9,12-14H,10-11H2,1-6H3,(H,24,26)(H,25,27). The first kappa shape index (κ1) is 21.5. The molecule has 0 bridgehead atoms. The van der Waals surface area contributed by atoms with Gasteiger partial charge >= 0.3 is 0 Å². The zero-order valence-corrected chi connectivity index (χ0v) is 17.6. The van der Waals surface area contributed by atoms with Gasteiger partial charge in [0, 0.05) is 12.2 Å². The summed E-state index contributed by atoms with van der Waals surface area (Å²) in [7, 11) is 1.62. The first-order valence-corrected chi connectivity index (χ1v) is 9.45.